The first-order valence-electron chi connectivity index (χ1n) is 10.1. The Morgan fingerprint density at radius 3 is 2.45 bits per heavy atom. The lowest BCUT2D eigenvalue weighted by atomic mass is 10.2. The number of piperazine rings is 1. The van der Waals surface area contributed by atoms with Gasteiger partial charge in [-0.25, -0.2) is 17.2 Å². The van der Waals surface area contributed by atoms with E-state index in [4.69, 9.17) is 0 Å². The summed E-state index contributed by atoms with van der Waals surface area (Å²) in [5.74, 6) is -1.34. The van der Waals surface area contributed by atoms with Crippen molar-refractivity contribution in [2.75, 3.05) is 49.9 Å². The number of halogens is 2. The first-order valence-corrected chi connectivity index (χ1v) is 12.5. The second-order valence-corrected chi connectivity index (χ2v) is 10.5. The van der Waals surface area contributed by atoms with Crippen molar-refractivity contribution in [2.24, 2.45) is 0 Å². The fourth-order valence-corrected chi connectivity index (χ4v) is 6.24. The molecule has 0 unspecified atom stereocenters. The minimum Gasteiger partial charge on any atom is -0.361 e. The Labute approximate surface area is 184 Å². The molecule has 0 aromatic heterocycles. The smallest absolute Gasteiger partial charge is 0.243 e. The molecule has 0 saturated carbocycles. The van der Waals surface area contributed by atoms with Crippen LogP contribution in [-0.4, -0.2) is 68.6 Å². The lowest BCUT2D eigenvalue weighted by molar-refractivity contribution is -0.130. The monoisotopic (exact) mass is 467 g/mol. The molecule has 10 heteroatoms. The number of anilines is 1. The largest absolute Gasteiger partial charge is 0.361 e. The van der Waals surface area contributed by atoms with Crippen molar-refractivity contribution >= 4 is 33.4 Å². The first-order chi connectivity index (χ1) is 14.9. The summed E-state index contributed by atoms with van der Waals surface area (Å²) in [5.41, 5.74) is 1.05. The van der Waals surface area contributed by atoms with E-state index in [2.05, 4.69) is 11.0 Å². The highest BCUT2D eigenvalue weighted by atomic mass is 32.2. The van der Waals surface area contributed by atoms with Crippen LogP contribution in [0.25, 0.3) is 0 Å². The van der Waals surface area contributed by atoms with E-state index in [1.807, 2.05) is 18.2 Å². The maximum Gasteiger partial charge on any atom is 0.243 e. The normalized spacial score (nSPS) is 17.9. The number of fused-ring (bicyclic) bond motifs is 1. The molecule has 31 heavy (non-hydrogen) atoms. The van der Waals surface area contributed by atoms with Crippen LogP contribution in [0.4, 0.5) is 14.5 Å². The molecule has 2 aliphatic heterocycles. The van der Waals surface area contributed by atoms with E-state index in [0.717, 1.165) is 41.4 Å². The van der Waals surface area contributed by atoms with Crippen LogP contribution in [0.15, 0.2) is 52.3 Å². The number of hydrogen-bond donors (Lipinski definition) is 0. The minimum atomic E-state index is -3.95. The predicted octanol–water partition coefficient (Wildman–Crippen LogP) is 2.80. The highest BCUT2D eigenvalue weighted by Crippen LogP contribution is 2.33. The standard InChI is InChI=1S/C21H23F2N3O3S2/c22-17-7-6-16(14-18(17)23)31(28,29)26-11-9-24(10-12-26)21(27)15-25-8-3-13-30-20-5-2-1-4-19(20)25/h1-2,4-7,14H,3,8-13,15H2. The van der Waals surface area contributed by atoms with Gasteiger partial charge < -0.3 is 9.80 Å². The van der Waals surface area contributed by atoms with Crippen LogP contribution in [0.1, 0.15) is 6.42 Å². The van der Waals surface area contributed by atoms with Crippen molar-refractivity contribution in [1.82, 2.24) is 9.21 Å². The third kappa shape index (κ3) is 4.70. The third-order valence-corrected chi connectivity index (χ3v) is 8.53. The maximum atomic E-state index is 13.5. The summed E-state index contributed by atoms with van der Waals surface area (Å²) < 4.78 is 53.3. The molecular formula is C21H23F2N3O3S2. The van der Waals surface area contributed by atoms with E-state index in [1.165, 1.54) is 4.31 Å². The van der Waals surface area contributed by atoms with Gasteiger partial charge in [0.05, 0.1) is 17.1 Å². The zero-order valence-electron chi connectivity index (χ0n) is 16.8. The van der Waals surface area contributed by atoms with Crippen LogP contribution in [0.2, 0.25) is 0 Å². The Balaban J connectivity index is 1.40. The van der Waals surface area contributed by atoms with E-state index >= 15 is 0 Å². The molecule has 0 spiro atoms. The summed E-state index contributed by atoms with van der Waals surface area (Å²) in [6.45, 7) is 1.77. The van der Waals surface area contributed by atoms with Crippen LogP contribution in [0, 0.1) is 11.6 Å². The Bertz CT molecular complexity index is 1070. The maximum absolute atomic E-state index is 13.5. The Kier molecular flexibility index (Phi) is 6.49. The average Bonchev–Trinajstić information content (AvgIpc) is 2.98. The van der Waals surface area contributed by atoms with E-state index in [0.29, 0.717) is 6.07 Å². The number of para-hydroxylation sites is 1. The number of thioether (sulfide) groups is 1. The van der Waals surface area contributed by atoms with Crippen molar-refractivity contribution < 1.29 is 22.0 Å². The van der Waals surface area contributed by atoms with Gasteiger partial charge in [-0.15, -0.1) is 11.8 Å². The summed E-state index contributed by atoms with van der Waals surface area (Å²) >= 11 is 1.79. The number of carbonyl (C=O) groups is 1. The molecule has 2 heterocycles. The molecule has 2 aliphatic rings. The van der Waals surface area contributed by atoms with Crippen LogP contribution in [0.5, 0.6) is 0 Å². The van der Waals surface area contributed by atoms with Gasteiger partial charge in [-0.1, -0.05) is 12.1 Å². The van der Waals surface area contributed by atoms with E-state index in [1.54, 1.807) is 16.7 Å². The zero-order valence-corrected chi connectivity index (χ0v) is 18.5. The number of hydrogen-bond acceptors (Lipinski definition) is 5. The Morgan fingerprint density at radius 2 is 1.71 bits per heavy atom. The molecule has 1 saturated heterocycles. The van der Waals surface area contributed by atoms with Crippen LogP contribution >= 0.6 is 11.8 Å². The lowest BCUT2D eigenvalue weighted by Crippen LogP contribution is -2.52. The molecule has 0 aliphatic carbocycles. The van der Waals surface area contributed by atoms with Gasteiger partial charge in [-0.05, 0) is 42.5 Å². The van der Waals surface area contributed by atoms with Gasteiger partial charge in [-0.2, -0.15) is 4.31 Å². The zero-order chi connectivity index (χ0) is 22.0. The van der Waals surface area contributed by atoms with Gasteiger partial charge in [0.2, 0.25) is 15.9 Å². The minimum absolute atomic E-state index is 0.0495. The first kappa shape index (κ1) is 22.0. The van der Waals surface area contributed by atoms with E-state index in [9.17, 15) is 22.0 Å². The highest BCUT2D eigenvalue weighted by molar-refractivity contribution is 7.99. The molecule has 0 N–H and O–H groups in total. The average molecular weight is 468 g/mol. The van der Waals surface area contributed by atoms with Crippen LogP contribution in [0.3, 0.4) is 0 Å². The van der Waals surface area contributed by atoms with Crippen LogP contribution in [-0.2, 0) is 14.8 Å². The number of benzene rings is 2. The molecule has 166 valence electrons. The molecule has 2 aromatic rings. The fraction of sp³-hybridized carbons (Fsp3) is 0.381. The van der Waals surface area contributed by atoms with Crippen molar-refractivity contribution in [1.29, 1.82) is 0 Å². The summed E-state index contributed by atoms with van der Waals surface area (Å²) in [6.07, 6.45) is 0.979. The Hall–Kier alpha value is -2.17. The predicted molar refractivity (Wildman–Crippen MR) is 116 cm³/mol. The molecule has 0 radical (unpaired) electrons. The number of carbonyl (C=O) groups excluding carboxylic acids is 1. The molecule has 1 amide bonds. The van der Waals surface area contributed by atoms with E-state index in [-0.39, 0.29) is 43.5 Å². The van der Waals surface area contributed by atoms with Crippen LogP contribution < -0.4 is 4.90 Å². The summed E-state index contributed by atoms with van der Waals surface area (Å²) in [6, 6.07) is 10.6. The highest BCUT2D eigenvalue weighted by Gasteiger charge is 2.31. The summed E-state index contributed by atoms with van der Waals surface area (Å²) in [4.78, 5) is 17.5. The second kappa shape index (κ2) is 9.13. The van der Waals surface area contributed by atoms with Crippen molar-refractivity contribution in [2.45, 2.75) is 16.2 Å². The number of sulfonamides is 1. The lowest BCUT2D eigenvalue weighted by Gasteiger charge is -2.35. The van der Waals surface area contributed by atoms with Gasteiger partial charge in [0, 0.05) is 37.6 Å². The fourth-order valence-electron chi connectivity index (χ4n) is 3.79. The SMILES string of the molecule is O=C(CN1CCCSc2ccccc21)N1CCN(S(=O)(=O)c2ccc(F)c(F)c2)CC1. The Morgan fingerprint density at radius 1 is 0.968 bits per heavy atom. The molecule has 1 fully saturated rings. The topological polar surface area (TPSA) is 60.9 Å². The molecule has 0 bridgehead atoms. The van der Waals surface area contributed by atoms with Crippen molar-refractivity contribution in [3.8, 4) is 0 Å². The van der Waals surface area contributed by atoms with Gasteiger partial charge in [-0.3, -0.25) is 4.79 Å². The number of rotatable bonds is 4. The molecule has 4 rings (SSSR count). The molecule has 2 aromatic carbocycles. The quantitative estimate of drug-likeness (QED) is 0.692. The van der Waals surface area contributed by atoms with Gasteiger partial charge >= 0.3 is 0 Å². The number of amides is 1. The van der Waals surface area contributed by atoms with Crippen molar-refractivity contribution in [3.05, 3.63) is 54.1 Å². The summed E-state index contributed by atoms with van der Waals surface area (Å²) in [7, 11) is -3.95. The molecular weight excluding hydrogens is 444 g/mol. The van der Waals surface area contributed by atoms with Gasteiger partial charge in [0.25, 0.3) is 0 Å². The molecule has 6 nitrogen and oxygen atoms in total. The molecule has 0 atom stereocenters. The third-order valence-electron chi connectivity index (χ3n) is 5.48. The summed E-state index contributed by atoms with van der Waals surface area (Å²) in [5, 5.41) is 0. The van der Waals surface area contributed by atoms with Gasteiger partial charge in [0.15, 0.2) is 11.6 Å². The second-order valence-electron chi connectivity index (χ2n) is 7.45. The van der Waals surface area contributed by atoms with E-state index < -0.39 is 21.7 Å². The van der Waals surface area contributed by atoms with Gasteiger partial charge in [0.1, 0.15) is 0 Å². The van der Waals surface area contributed by atoms with Crippen molar-refractivity contribution in [3.63, 3.8) is 0 Å². The number of nitrogens with zero attached hydrogens (tertiary/aromatic N) is 3.